The van der Waals surface area contributed by atoms with Gasteiger partial charge < -0.3 is 10.1 Å². The number of fused-ring (bicyclic) bond motifs is 1. The van der Waals surface area contributed by atoms with Crippen LogP contribution >= 0.6 is 0 Å². The van der Waals surface area contributed by atoms with Crippen molar-refractivity contribution in [3.8, 4) is 0 Å². The summed E-state index contributed by atoms with van der Waals surface area (Å²) < 4.78 is 5.94. The molecule has 0 saturated heterocycles. The Balaban J connectivity index is 2.37. The van der Waals surface area contributed by atoms with Crippen LogP contribution in [-0.2, 0) is 4.74 Å². The van der Waals surface area contributed by atoms with E-state index >= 15 is 0 Å². The highest BCUT2D eigenvalue weighted by molar-refractivity contribution is 5.79. The maximum atomic E-state index is 5.94. The molecule has 0 saturated carbocycles. The lowest BCUT2D eigenvalue weighted by Crippen LogP contribution is -2.35. The van der Waals surface area contributed by atoms with E-state index in [4.69, 9.17) is 4.74 Å². The van der Waals surface area contributed by atoms with E-state index in [1.807, 2.05) is 26.2 Å². The third kappa shape index (κ3) is 3.17. The maximum absolute atomic E-state index is 5.94. The van der Waals surface area contributed by atoms with Gasteiger partial charge in [-0.15, -0.1) is 0 Å². The summed E-state index contributed by atoms with van der Waals surface area (Å²) in [6, 6.07) is 10.7. The van der Waals surface area contributed by atoms with Gasteiger partial charge in [0.2, 0.25) is 0 Å². The van der Waals surface area contributed by atoms with Crippen molar-refractivity contribution in [2.75, 3.05) is 13.7 Å². The molecule has 0 aliphatic rings. The number of pyridine rings is 1. The fourth-order valence-corrected chi connectivity index (χ4v) is 2.66. The Hall–Kier alpha value is -1.45. The SMILES string of the molecule is CCOC(C(C)C)C(NC)c1ccc2cccnc2c1. The average molecular weight is 272 g/mol. The van der Waals surface area contributed by atoms with Crippen molar-refractivity contribution in [1.29, 1.82) is 0 Å². The Kier molecular flexibility index (Phi) is 5.10. The number of aromatic nitrogens is 1. The first-order valence-electron chi connectivity index (χ1n) is 7.31. The molecular formula is C17H24N2O. The zero-order chi connectivity index (χ0) is 14.5. The Morgan fingerprint density at radius 3 is 2.70 bits per heavy atom. The second kappa shape index (κ2) is 6.82. The normalized spacial score (nSPS) is 14.7. The third-order valence-corrected chi connectivity index (χ3v) is 3.64. The first-order chi connectivity index (χ1) is 9.67. The Bertz CT molecular complexity index is 553. The molecule has 2 atom stereocenters. The van der Waals surface area contributed by atoms with E-state index in [1.165, 1.54) is 10.9 Å². The Morgan fingerprint density at radius 2 is 2.05 bits per heavy atom. The molecule has 0 aliphatic carbocycles. The van der Waals surface area contributed by atoms with Crippen LogP contribution in [0.4, 0.5) is 0 Å². The van der Waals surface area contributed by atoms with Crippen LogP contribution in [0, 0.1) is 5.92 Å². The molecule has 2 rings (SSSR count). The molecule has 0 spiro atoms. The number of hydrogen-bond acceptors (Lipinski definition) is 3. The number of benzene rings is 1. The van der Waals surface area contributed by atoms with Gasteiger partial charge in [0.25, 0.3) is 0 Å². The molecule has 0 aliphatic heterocycles. The summed E-state index contributed by atoms with van der Waals surface area (Å²) >= 11 is 0. The van der Waals surface area contributed by atoms with Crippen molar-refractivity contribution in [2.45, 2.75) is 32.9 Å². The molecule has 1 aromatic carbocycles. The monoisotopic (exact) mass is 272 g/mol. The van der Waals surface area contributed by atoms with Gasteiger partial charge in [-0.3, -0.25) is 4.98 Å². The fourth-order valence-electron chi connectivity index (χ4n) is 2.66. The average Bonchev–Trinajstić information content (AvgIpc) is 2.47. The number of nitrogens with one attached hydrogen (secondary N) is 1. The fraction of sp³-hybridized carbons (Fsp3) is 0.471. The van der Waals surface area contributed by atoms with Crippen molar-refractivity contribution in [3.63, 3.8) is 0 Å². The first kappa shape index (κ1) is 14.9. The van der Waals surface area contributed by atoms with Crippen LogP contribution in [0.1, 0.15) is 32.4 Å². The predicted octanol–water partition coefficient (Wildman–Crippen LogP) is 3.56. The summed E-state index contributed by atoms with van der Waals surface area (Å²) in [4.78, 5) is 4.44. The highest BCUT2D eigenvalue weighted by Gasteiger charge is 2.25. The minimum absolute atomic E-state index is 0.158. The molecule has 2 aromatic rings. The van der Waals surface area contributed by atoms with Crippen molar-refractivity contribution < 1.29 is 4.74 Å². The van der Waals surface area contributed by atoms with E-state index in [2.05, 4.69) is 48.4 Å². The van der Waals surface area contributed by atoms with Crippen molar-refractivity contribution in [2.24, 2.45) is 5.92 Å². The van der Waals surface area contributed by atoms with Gasteiger partial charge in [0.15, 0.2) is 0 Å². The number of ether oxygens (including phenoxy) is 1. The summed E-state index contributed by atoms with van der Waals surface area (Å²) in [5.41, 5.74) is 2.26. The molecule has 0 amide bonds. The molecule has 1 aromatic heterocycles. The highest BCUT2D eigenvalue weighted by atomic mass is 16.5. The smallest absolute Gasteiger partial charge is 0.0792 e. The first-order valence-corrected chi connectivity index (χ1v) is 7.31. The molecule has 3 nitrogen and oxygen atoms in total. The summed E-state index contributed by atoms with van der Waals surface area (Å²) in [7, 11) is 1.99. The standard InChI is InChI=1S/C17H24N2O/c1-5-20-17(12(2)3)16(18-4)14-9-8-13-7-6-10-19-15(13)11-14/h6-12,16-18H,5H2,1-4H3. The molecule has 0 bridgehead atoms. The van der Waals surface area contributed by atoms with Gasteiger partial charge in [-0.1, -0.05) is 32.0 Å². The van der Waals surface area contributed by atoms with Gasteiger partial charge in [0.1, 0.15) is 0 Å². The largest absolute Gasteiger partial charge is 0.376 e. The van der Waals surface area contributed by atoms with Crippen LogP contribution in [-0.4, -0.2) is 24.7 Å². The highest BCUT2D eigenvalue weighted by Crippen LogP contribution is 2.26. The molecule has 1 N–H and O–H groups in total. The van der Waals surface area contributed by atoms with Crippen molar-refractivity contribution >= 4 is 10.9 Å². The number of nitrogens with zero attached hydrogens (tertiary/aromatic N) is 1. The van der Waals surface area contributed by atoms with Gasteiger partial charge in [-0.05, 0) is 37.6 Å². The molecule has 3 heteroatoms. The minimum atomic E-state index is 0.158. The second-order valence-electron chi connectivity index (χ2n) is 5.39. The number of hydrogen-bond donors (Lipinski definition) is 1. The van der Waals surface area contributed by atoms with Gasteiger partial charge in [-0.25, -0.2) is 0 Å². The van der Waals surface area contributed by atoms with E-state index in [0.29, 0.717) is 5.92 Å². The van der Waals surface area contributed by atoms with Crippen LogP contribution in [0.15, 0.2) is 36.5 Å². The maximum Gasteiger partial charge on any atom is 0.0792 e. The Morgan fingerprint density at radius 1 is 1.25 bits per heavy atom. The van der Waals surface area contributed by atoms with Crippen LogP contribution < -0.4 is 5.32 Å². The summed E-state index contributed by atoms with van der Waals surface area (Å²) in [5.74, 6) is 0.451. The summed E-state index contributed by atoms with van der Waals surface area (Å²) in [5, 5.41) is 4.57. The molecule has 2 unspecified atom stereocenters. The zero-order valence-electron chi connectivity index (χ0n) is 12.8. The molecule has 0 radical (unpaired) electrons. The predicted molar refractivity (Wildman–Crippen MR) is 83.8 cm³/mol. The van der Waals surface area contributed by atoms with E-state index in [0.717, 1.165) is 12.1 Å². The second-order valence-corrected chi connectivity index (χ2v) is 5.39. The van der Waals surface area contributed by atoms with E-state index in [1.54, 1.807) is 0 Å². The summed E-state index contributed by atoms with van der Waals surface area (Å²) in [6.45, 7) is 7.17. The Labute approximate surface area is 121 Å². The van der Waals surface area contributed by atoms with Crippen molar-refractivity contribution in [3.05, 3.63) is 42.1 Å². The van der Waals surface area contributed by atoms with Gasteiger partial charge in [0.05, 0.1) is 17.7 Å². The van der Waals surface area contributed by atoms with Gasteiger partial charge in [-0.2, -0.15) is 0 Å². The van der Waals surface area contributed by atoms with Crippen molar-refractivity contribution in [1.82, 2.24) is 10.3 Å². The quantitative estimate of drug-likeness (QED) is 0.873. The zero-order valence-corrected chi connectivity index (χ0v) is 12.8. The molecular weight excluding hydrogens is 248 g/mol. The molecule has 1 heterocycles. The summed E-state index contributed by atoms with van der Waals surface area (Å²) in [6.07, 6.45) is 1.99. The third-order valence-electron chi connectivity index (χ3n) is 3.64. The lowest BCUT2D eigenvalue weighted by Gasteiger charge is -2.30. The number of likely N-dealkylation sites (N-methyl/N-ethyl adjacent to an activating group) is 1. The van der Waals surface area contributed by atoms with Crippen LogP contribution in [0.3, 0.4) is 0 Å². The lowest BCUT2D eigenvalue weighted by molar-refractivity contribution is 0.00463. The van der Waals surface area contributed by atoms with E-state index < -0.39 is 0 Å². The number of rotatable bonds is 6. The topological polar surface area (TPSA) is 34.1 Å². The van der Waals surface area contributed by atoms with Crippen LogP contribution in [0.2, 0.25) is 0 Å². The van der Waals surface area contributed by atoms with Gasteiger partial charge in [0, 0.05) is 18.2 Å². The van der Waals surface area contributed by atoms with E-state index in [9.17, 15) is 0 Å². The minimum Gasteiger partial charge on any atom is -0.376 e. The molecule has 108 valence electrons. The lowest BCUT2D eigenvalue weighted by atomic mass is 9.93. The van der Waals surface area contributed by atoms with E-state index in [-0.39, 0.29) is 12.1 Å². The van der Waals surface area contributed by atoms with Gasteiger partial charge >= 0.3 is 0 Å². The van der Waals surface area contributed by atoms with Crippen LogP contribution in [0.5, 0.6) is 0 Å². The molecule has 20 heavy (non-hydrogen) atoms. The van der Waals surface area contributed by atoms with Crippen LogP contribution in [0.25, 0.3) is 10.9 Å². The molecule has 0 fully saturated rings.